The van der Waals surface area contributed by atoms with E-state index in [2.05, 4.69) is 6.58 Å². The van der Waals surface area contributed by atoms with E-state index in [9.17, 15) is 9.50 Å². The molecule has 1 N–H and O–H groups in total. The SMILES string of the molecule is C=CC[C@H](O)c1ccccc1F. The highest BCUT2D eigenvalue weighted by Gasteiger charge is 2.09. The summed E-state index contributed by atoms with van der Waals surface area (Å²) in [6.45, 7) is 3.47. The van der Waals surface area contributed by atoms with E-state index in [1.807, 2.05) is 0 Å². The molecular formula is C10H11FO. The van der Waals surface area contributed by atoms with Crippen LogP contribution in [-0.2, 0) is 0 Å². The van der Waals surface area contributed by atoms with Gasteiger partial charge in [-0.25, -0.2) is 4.39 Å². The van der Waals surface area contributed by atoms with Crippen molar-refractivity contribution in [1.82, 2.24) is 0 Å². The van der Waals surface area contributed by atoms with E-state index in [4.69, 9.17) is 0 Å². The first-order valence-corrected chi connectivity index (χ1v) is 3.79. The summed E-state index contributed by atoms with van der Waals surface area (Å²) in [7, 11) is 0. The van der Waals surface area contributed by atoms with E-state index in [1.54, 1.807) is 24.3 Å². The first kappa shape index (κ1) is 8.94. The Morgan fingerprint density at radius 3 is 2.75 bits per heavy atom. The highest BCUT2D eigenvalue weighted by atomic mass is 19.1. The summed E-state index contributed by atoms with van der Waals surface area (Å²) in [4.78, 5) is 0. The Morgan fingerprint density at radius 2 is 2.17 bits per heavy atom. The highest BCUT2D eigenvalue weighted by Crippen LogP contribution is 2.19. The van der Waals surface area contributed by atoms with Gasteiger partial charge in [0, 0.05) is 5.56 Å². The molecule has 1 aromatic carbocycles. The summed E-state index contributed by atoms with van der Waals surface area (Å²) >= 11 is 0. The first-order chi connectivity index (χ1) is 5.75. The second-order valence-corrected chi connectivity index (χ2v) is 2.56. The van der Waals surface area contributed by atoms with Gasteiger partial charge in [-0.15, -0.1) is 6.58 Å². The molecule has 0 saturated carbocycles. The van der Waals surface area contributed by atoms with Crippen LogP contribution in [0.15, 0.2) is 36.9 Å². The van der Waals surface area contributed by atoms with Gasteiger partial charge in [0.15, 0.2) is 0 Å². The first-order valence-electron chi connectivity index (χ1n) is 3.79. The van der Waals surface area contributed by atoms with Crippen molar-refractivity contribution in [2.75, 3.05) is 0 Å². The predicted molar refractivity (Wildman–Crippen MR) is 46.2 cm³/mol. The summed E-state index contributed by atoms with van der Waals surface area (Å²) in [5.74, 6) is -0.369. The zero-order valence-corrected chi connectivity index (χ0v) is 6.70. The molecule has 0 aliphatic rings. The number of hydrogen-bond donors (Lipinski definition) is 1. The van der Waals surface area contributed by atoms with Gasteiger partial charge in [-0.3, -0.25) is 0 Å². The van der Waals surface area contributed by atoms with Crippen LogP contribution in [0.3, 0.4) is 0 Å². The molecule has 0 saturated heterocycles. The average Bonchev–Trinajstić information content (AvgIpc) is 2.05. The zero-order chi connectivity index (χ0) is 8.97. The quantitative estimate of drug-likeness (QED) is 0.684. The number of halogens is 1. The van der Waals surface area contributed by atoms with Gasteiger partial charge in [-0.1, -0.05) is 24.3 Å². The molecule has 0 aliphatic carbocycles. The van der Waals surface area contributed by atoms with E-state index in [0.717, 1.165) is 0 Å². The van der Waals surface area contributed by atoms with Crippen molar-refractivity contribution in [2.24, 2.45) is 0 Å². The number of rotatable bonds is 3. The molecule has 0 aromatic heterocycles. The lowest BCUT2D eigenvalue weighted by atomic mass is 10.1. The summed E-state index contributed by atoms with van der Waals surface area (Å²) in [6.07, 6.45) is 1.17. The van der Waals surface area contributed by atoms with Crippen molar-refractivity contribution < 1.29 is 9.50 Å². The summed E-state index contributed by atoms with van der Waals surface area (Å²) < 4.78 is 13.0. The molecule has 0 fully saturated rings. The van der Waals surface area contributed by atoms with E-state index >= 15 is 0 Å². The lowest BCUT2D eigenvalue weighted by Crippen LogP contribution is -1.98. The van der Waals surface area contributed by atoms with Crippen LogP contribution in [0.2, 0.25) is 0 Å². The number of benzene rings is 1. The van der Waals surface area contributed by atoms with Crippen LogP contribution >= 0.6 is 0 Å². The van der Waals surface area contributed by atoms with E-state index in [0.29, 0.717) is 12.0 Å². The molecule has 0 heterocycles. The average molecular weight is 166 g/mol. The van der Waals surface area contributed by atoms with E-state index in [-0.39, 0.29) is 5.82 Å². The zero-order valence-electron chi connectivity index (χ0n) is 6.70. The van der Waals surface area contributed by atoms with Crippen LogP contribution in [0.4, 0.5) is 4.39 Å². The maximum Gasteiger partial charge on any atom is 0.129 e. The normalized spacial score (nSPS) is 12.5. The van der Waals surface area contributed by atoms with Crippen LogP contribution in [0.5, 0.6) is 0 Å². The van der Waals surface area contributed by atoms with Gasteiger partial charge < -0.3 is 5.11 Å². The molecule has 1 aromatic rings. The van der Waals surface area contributed by atoms with Crippen molar-refractivity contribution in [3.05, 3.63) is 48.3 Å². The Bertz CT molecular complexity index is 270. The smallest absolute Gasteiger partial charge is 0.129 e. The van der Waals surface area contributed by atoms with Gasteiger partial charge >= 0.3 is 0 Å². The molecule has 12 heavy (non-hydrogen) atoms. The Morgan fingerprint density at radius 1 is 1.50 bits per heavy atom. The van der Waals surface area contributed by atoms with Crippen molar-refractivity contribution in [1.29, 1.82) is 0 Å². The van der Waals surface area contributed by atoms with Crippen molar-refractivity contribution >= 4 is 0 Å². The van der Waals surface area contributed by atoms with Gasteiger partial charge in [-0.05, 0) is 12.5 Å². The lowest BCUT2D eigenvalue weighted by molar-refractivity contribution is 0.177. The molecule has 64 valence electrons. The summed E-state index contributed by atoms with van der Waals surface area (Å²) in [5, 5.41) is 9.39. The molecule has 0 radical (unpaired) electrons. The minimum absolute atomic E-state index is 0.331. The number of hydrogen-bond acceptors (Lipinski definition) is 1. The fourth-order valence-electron chi connectivity index (χ4n) is 1.03. The third-order valence-electron chi connectivity index (χ3n) is 1.65. The van der Waals surface area contributed by atoms with Crippen molar-refractivity contribution in [2.45, 2.75) is 12.5 Å². The molecule has 2 heteroatoms. The van der Waals surface area contributed by atoms with Crippen LogP contribution in [-0.4, -0.2) is 5.11 Å². The number of aliphatic hydroxyl groups is 1. The van der Waals surface area contributed by atoms with Gasteiger partial charge in [0.25, 0.3) is 0 Å². The van der Waals surface area contributed by atoms with Crippen LogP contribution < -0.4 is 0 Å². The van der Waals surface area contributed by atoms with Crippen molar-refractivity contribution in [3.8, 4) is 0 Å². The third-order valence-corrected chi connectivity index (χ3v) is 1.65. The number of aliphatic hydroxyl groups excluding tert-OH is 1. The monoisotopic (exact) mass is 166 g/mol. The molecule has 0 bridgehead atoms. The van der Waals surface area contributed by atoms with Crippen LogP contribution in [0.1, 0.15) is 18.1 Å². The fraction of sp³-hybridized carbons (Fsp3) is 0.200. The molecule has 0 spiro atoms. The van der Waals surface area contributed by atoms with Gasteiger partial charge in [-0.2, -0.15) is 0 Å². The van der Waals surface area contributed by atoms with Crippen LogP contribution in [0, 0.1) is 5.82 Å². The largest absolute Gasteiger partial charge is 0.388 e. The summed E-state index contributed by atoms with van der Waals surface area (Å²) in [6, 6.07) is 6.20. The molecule has 1 rings (SSSR count). The molecular weight excluding hydrogens is 155 g/mol. The Kier molecular flexibility index (Phi) is 3.00. The van der Waals surface area contributed by atoms with Crippen molar-refractivity contribution in [3.63, 3.8) is 0 Å². The Labute approximate surface area is 71.2 Å². The van der Waals surface area contributed by atoms with Gasteiger partial charge in [0.05, 0.1) is 6.10 Å². The molecule has 0 unspecified atom stereocenters. The topological polar surface area (TPSA) is 20.2 Å². The lowest BCUT2D eigenvalue weighted by Gasteiger charge is -2.08. The second-order valence-electron chi connectivity index (χ2n) is 2.56. The molecule has 1 atom stereocenters. The highest BCUT2D eigenvalue weighted by molar-refractivity contribution is 5.20. The standard InChI is InChI=1S/C10H11FO/c1-2-5-10(12)8-6-3-4-7-9(8)11/h2-4,6-7,10,12H,1,5H2/t10-/m0/s1. The second kappa shape index (κ2) is 4.02. The maximum atomic E-state index is 13.0. The van der Waals surface area contributed by atoms with Gasteiger partial charge in [0.1, 0.15) is 5.82 Å². The van der Waals surface area contributed by atoms with Gasteiger partial charge in [0.2, 0.25) is 0 Å². The fourth-order valence-corrected chi connectivity index (χ4v) is 1.03. The Balaban J connectivity index is 2.86. The molecule has 1 nitrogen and oxygen atoms in total. The minimum Gasteiger partial charge on any atom is -0.388 e. The maximum absolute atomic E-state index is 13.0. The molecule has 0 aliphatic heterocycles. The van der Waals surface area contributed by atoms with Crippen LogP contribution in [0.25, 0.3) is 0 Å². The molecule has 0 amide bonds. The van der Waals surface area contributed by atoms with E-state index < -0.39 is 6.10 Å². The minimum atomic E-state index is -0.774. The summed E-state index contributed by atoms with van der Waals surface area (Å²) in [5.41, 5.74) is 0.331. The Hall–Kier alpha value is -1.15. The predicted octanol–water partition coefficient (Wildman–Crippen LogP) is 2.44. The van der Waals surface area contributed by atoms with E-state index in [1.165, 1.54) is 6.07 Å². The third kappa shape index (κ3) is 1.92.